The predicted octanol–water partition coefficient (Wildman–Crippen LogP) is 5.62. The van der Waals surface area contributed by atoms with Crippen molar-refractivity contribution in [2.75, 3.05) is 25.5 Å². The lowest BCUT2D eigenvalue weighted by Crippen LogP contribution is -2.37. The first-order valence-electron chi connectivity index (χ1n) is 10.9. The van der Waals surface area contributed by atoms with Crippen LogP contribution in [0.15, 0.2) is 98.9 Å². The molecule has 4 nitrogen and oxygen atoms in total. The standard InChI is InChI=1S/C27H28N3OS2/c1-4-28(2)26(18-22-14-10-11-17-30(22)19-21-12-6-5-7-13-21)32-25(20-31)27-29(3)23-15-8-9-16-24(23)33-27/h5-18,20H,4,19H2,1-3H3/q+1/b27-25+. The van der Waals surface area contributed by atoms with Gasteiger partial charge >= 0.3 is 0 Å². The Kier molecular flexibility index (Phi) is 7.57. The second-order valence-electron chi connectivity index (χ2n) is 7.75. The van der Waals surface area contributed by atoms with Gasteiger partial charge in [0.2, 0.25) is 5.69 Å². The van der Waals surface area contributed by atoms with Crippen molar-refractivity contribution in [3.05, 3.63) is 105 Å². The Hall–Kier alpha value is -2.96. The molecule has 3 aromatic rings. The molecule has 0 bridgehead atoms. The molecule has 2 aromatic carbocycles. The molecule has 0 saturated carbocycles. The van der Waals surface area contributed by atoms with Gasteiger partial charge in [0.25, 0.3) is 0 Å². The van der Waals surface area contributed by atoms with Crippen LogP contribution < -0.4 is 9.47 Å². The van der Waals surface area contributed by atoms with Crippen LogP contribution in [-0.4, -0.2) is 31.8 Å². The summed E-state index contributed by atoms with van der Waals surface area (Å²) in [4.78, 5) is 18.4. The van der Waals surface area contributed by atoms with Crippen LogP contribution in [0.2, 0.25) is 0 Å². The number of thioether (sulfide) groups is 2. The van der Waals surface area contributed by atoms with E-state index in [-0.39, 0.29) is 0 Å². The van der Waals surface area contributed by atoms with E-state index in [2.05, 4.69) is 95.2 Å². The first-order chi connectivity index (χ1) is 16.1. The van der Waals surface area contributed by atoms with E-state index in [9.17, 15) is 4.79 Å². The summed E-state index contributed by atoms with van der Waals surface area (Å²) in [5.41, 5.74) is 3.48. The number of carbonyl (C=O) groups is 1. The molecule has 0 unspecified atom stereocenters. The van der Waals surface area contributed by atoms with Crippen LogP contribution in [0, 0.1) is 0 Å². The number of anilines is 1. The van der Waals surface area contributed by atoms with Crippen molar-refractivity contribution in [1.82, 2.24) is 4.90 Å². The summed E-state index contributed by atoms with van der Waals surface area (Å²) in [6.07, 6.45) is 5.26. The van der Waals surface area contributed by atoms with Crippen molar-refractivity contribution in [1.29, 1.82) is 0 Å². The number of fused-ring (bicyclic) bond motifs is 1. The molecule has 0 fully saturated rings. The van der Waals surface area contributed by atoms with E-state index in [1.54, 1.807) is 11.8 Å². The Bertz CT molecular complexity index is 1190. The smallest absolute Gasteiger partial charge is 0.208 e. The zero-order chi connectivity index (χ0) is 23.2. The lowest BCUT2D eigenvalue weighted by atomic mass is 10.2. The van der Waals surface area contributed by atoms with Crippen molar-refractivity contribution in [3.8, 4) is 0 Å². The number of nitrogens with zero attached hydrogens (tertiary/aromatic N) is 3. The number of aromatic nitrogens is 1. The van der Waals surface area contributed by atoms with E-state index in [4.69, 9.17) is 0 Å². The third-order valence-electron chi connectivity index (χ3n) is 5.56. The van der Waals surface area contributed by atoms with Gasteiger partial charge in [0.1, 0.15) is 0 Å². The van der Waals surface area contributed by atoms with E-state index in [0.717, 1.165) is 45.7 Å². The molecular formula is C27H28N3OS2+. The maximum atomic E-state index is 12.2. The fraction of sp³-hybridized carbons (Fsp3) is 0.185. The van der Waals surface area contributed by atoms with Gasteiger partial charge in [0, 0.05) is 49.3 Å². The first kappa shape index (κ1) is 23.2. The van der Waals surface area contributed by atoms with Crippen molar-refractivity contribution in [2.45, 2.75) is 18.4 Å². The zero-order valence-electron chi connectivity index (χ0n) is 19.1. The molecule has 33 heavy (non-hydrogen) atoms. The number of pyridine rings is 1. The van der Waals surface area contributed by atoms with Gasteiger partial charge in [-0.15, -0.1) is 0 Å². The zero-order valence-corrected chi connectivity index (χ0v) is 20.8. The third-order valence-corrected chi connectivity index (χ3v) is 8.09. The fourth-order valence-corrected chi connectivity index (χ4v) is 5.85. The average molecular weight is 475 g/mol. The molecular weight excluding hydrogens is 446 g/mol. The summed E-state index contributed by atoms with van der Waals surface area (Å²) >= 11 is 3.18. The topological polar surface area (TPSA) is 27.4 Å². The summed E-state index contributed by atoms with van der Waals surface area (Å²) in [5, 5.41) is 2.00. The predicted molar refractivity (Wildman–Crippen MR) is 140 cm³/mol. The third kappa shape index (κ3) is 5.34. The van der Waals surface area contributed by atoms with Crippen LogP contribution >= 0.6 is 23.5 Å². The normalized spacial score (nSPS) is 14.8. The Morgan fingerprint density at radius 3 is 2.52 bits per heavy atom. The number of carbonyl (C=O) groups excluding carboxylic acids is 1. The van der Waals surface area contributed by atoms with E-state index < -0.39 is 0 Å². The molecule has 1 aliphatic rings. The average Bonchev–Trinajstić information content (AvgIpc) is 3.19. The lowest BCUT2D eigenvalue weighted by Gasteiger charge is -2.22. The quantitative estimate of drug-likeness (QED) is 0.240. The highest BCUT2D eigenvalue weighted by Crippen LogP contribution is 2.48. The number of rotatable bonds is 8. The maximum absolute atomic E-state index is 12.2. The van der Waals surface area contributed by atoms with Crippen molar-refractivity contribution < 1.29 is 9.36 Å². The molecule has 4 rings (SSSR count). The molecule has 0 atom stereocenters. The summed E-state index contributed by atoms with van der Waals surface area (Å²) in [5.74, 6) is 0. The van der Waals surface area contributed by atoms with E-state index in [0.29, 0.717) is 0 Å². The van der Waals surface area contributed by atoms with Gasteiger partial charge in [-0.1, -0.05) is 66.0 Å². The molecule has 168 valence electrons. The lowest BCUT2D eigenvalue weighted by molar-refractivity contribution is -0.690. The van der Waals surface area contributed by atoms with Crippen LogP contribution in [0.25, 0.3) is 6.08 Å². The SMILES string of the molecule is CCN(C)/C(=C/c1cccc[n+]1Cc1ccccc1)S/C(C=O)=C1/Sc2ccccc2N1C. The fourth-order valence-electron chi connectivity index (χ4n) is 3.59. The second-order valence-corrected chi connectivity index (χ2v) is 9.85. The van der Waals surface area contributed by atoms with E-state index in [1.165, 1.54) is 22.2 Å². The minimum atomic E-state index is 0.718. The highest BCUT2D eigenvalue weighted by atomic mass is 32.2. The number of benzene rings is 2. The Labute approximate surface area is 204 Å². The first-order valence-corrected chi connectivity index (χ1v) is 12.6. The van der Waals surface area contributed by atoms with E-state index in [1.807, 2.05) is 25.2 Å². The largest absolute Gasteiger partial charge is 0.369 e. The van der Waals surface area contributed by atoms with Crippen LogP contribution in [0.4, 0.5) is 5.69 Å². The number of aldehydes is 1. The number of allylic oxidation sites excluding steroid dienone is 1. The molecule has 0 radical (unpaired) electrons. The molecule has 1 aromatic heterocycles. The minimum Gasteiger partial charge on any atom is -0.369 e. The highest BCUT2D eigenvalue weighted by Gasteiger charge is 2.26. The van der Waals surface area contributed by atoms with E-state index >= 15 is 0 Å². The number of hydrogen-bond donors (Lipinski definition) is 0. The van der Waals surface area contributed by atoms with Gasteiger partial charge in [-0.3, -0.25) is 4.79 Å². The van der Waals surface area contributed by atoms with Gasteiger partial charge in [-0.25, -0.2) is 0 Å². The molecule has 0 saturated heterocycles. The second kappa shape index (κ2) is 10.8. The van der Waals surface area contributed by atoms with Gasteiger partial charge in [-0.2, -0.15) is 4.57 Å². The molecule has 1 aliphatic heterocycles. The van der Waals surface area contributed by atoms with Crippen molar-refractivity contribution in [3.63, 3.8) is 0 Å². The Morgan fingerprint density at radius 2 is 1.79 bits per heavy atom. The van der Waals surface area contributed by atoms with Crippen LogP contribution in [-0.2, 0) is 11.3 Å². The van der Waals surface area contributed by atoms with Gasteiger partial charge in [-0.05, 0) is 25.1 Å². The highest BCUT2D eigenvalue weighted by molar-refractivity contribution is 8.09. The van der Waals surface area contributed by atoms with Crippen LogP contribution in [0.3, 0.4) is 0 Å². The summed E-state index contributed by atoms with van der Waals surface area (Å²) in [7, 11) is 4.09. The van der Waals surface area contributed by atoms with Gasteiger partial charge < -0.3 is 9.80 Å². The molecule has 2 heterocycles. The Morgan fingerprint density at radius 1 is 1.06 bits per heavy atom. The van der Waals surface area contributed by atoms with Crippen LogP contribution in [0.1, 0.15) is 18.2 Å². The maximum Gasteiger partial charge on any atom is 0.208 e. The van der Waals surface area contributed by atoms with Crippen LogP contribution in [0.5, 0.6) is 0 Å². The molecule has 6 heteroatoms. The summed E-state index contributed by atoms with van der Waals surface area (Å²) in [6.45, 7) is 3.75. The monoisotopic (exact) mass is 474 g/mol. The van der Waals surface area contributed by atoms with Gasteiger partial charge in [0.05, 0.1) is 20.7 Å². The van der Waals surface area contributed by atoms with Gasteiger partial charge in [0.15, 0.2) is 19.0 Å². The molecule has 0 N–H and O–H groups in total. The number of para-hydroxylation sites is 1. The minimum absolute atomic E-state index is 0.718. The summed E-state index contributed by atoms with van der Waals surface area (Å²) < 4.78 is 2.24. The summed E-state index contributed by atoms with van der Waals surface area (Å²) in [6, 6.07) is 24.9. The Balaban J connectivity index is 1.68. The molecule has 0 aliphatic carbocycles. The van der Waals surface area contributed by atoms with Crippen molar-refractivity contribution >= 4 is 41.6 Å². The molecule has 0 spiro atoms. The van der Waals surface area contributed by atoms with Crippen molar-refractivity contribution in [2.24, 2.45) is 0 Å². The molecule has 0 amide bonds. The number of hydrogen-bond acceptors (Lipinski definition) is 5.